The van der Waals surface area contributed by atoms with Gasteiger partial charge in [0.25, 0.3) is 0 Å². The Balaban J connectivity index is 4.14. The Morgan fingerprint density at radius 2 is 1.00 bits per heavy atom. The van der Waals surface area contributed by atoms with Crippen LogP contribution in [-0.2, 0) is 9.26 Å². The molecule has 0 atom stereocenters. The Labute approximate surface area is 142 Å². The number of alkyl halides is 12. The van der Waals surface area contributed by atoms with E-state index in [-0.39, 0.29) is 0 Å². The Bertz CT molecular complexity index is 530. The van der Waals surface area contributed by atoms with Crippen molar-refractivity contribution in [3.8, 4) is 0 Å². The summed E-state index contributed by atoms with van der Waals surface area (Å²) < 4.78 is 166. The molecule has 158 valence electrons. The molecule has 1 aliphatic rings. The normalized spacial score (nSPS) is 27.0. The van der Waals surface area contributed by atoms with Crippen LogP contribution in [0.1, 0.15) is 13.8 Å². The second-order valence-electron chi connectivity index (χ2n) is 5.36. The van der Waals surface area contributed by atoms with Crippen LogP contribution < -0.4 is 0 Å². The molecule has 1 saturated heterocycles. The average Bonchev–Trinajstić information content (AvgIpc) is 2.68. The van der Waals surface area contributed by atoms with Gasteiger partial charge in [0.15, 0.2) is 0 Å². The van der Waals surface area contributed by atoms with Crippen LogP contribution in [0, 0.1) is 0 Å². The summed E-state index contributed by atoms with van der Waals surface area (Å²) in [6, 6.07) is 0. The fourth-order valence-corrected chi connectivity index (χ4v) is 7.67. The summed E-state index contributed by atoms with van der Waals surface area (Å²) in [7, 11) is 0. The van der Waals surface area contributed by atoms with Gasteiger partial charge in [0.1, 0.15) is 0 Å². The molecular formula is C10H10ClF12O2P. The topological polar surface area (TPSA) is 18.5 Å². The molecule has 0 N–H and O–H groups in total. The van der Waals surface area contributed by atoms with Gasteiger partial charge < -0.3 is 0 Å². The van der Waals surface area contributed by atoms with E-state index in [0.29, 0.717) is 13.8 Å². The van der Waals surface area contributed by atoms with E-state index in [1.54, 1.807) is 0 Å². The van der Waals surface area contributed by atoms with Crippen LogP contribution in [0.2, 0.25) is 0 Å². The standard InChI is InChI=1S/C10H10ClF12O2P/c1-3-26(11,4-2)6(9(18,19)20,10(21,22)23)24-5(25-26,7(12,13)14)8(15,16)17/h3-4H2,1-2H3. The predicted octanol–water partition coefficient (Wildman–Crippen LogP) is 6.34. The molecule has 1 fully saturated rings. The zero-order chi connectivity index (χ0) is 21.3. The van der Waals surface area contributed by atoms with Crippen LogP contribution in [0.25, 0.3) is 0 Å². The van der Waals surface area contributed by atoms with Crippen molar-refractivity contribution < 1.29 is 61.9 Å². The molecule has 1 rings (SSSR count). The number of hydrogen-bond acceptors (Lipinski definition) is 2. The molecule has 0 unspecified atom stereocenters. The molecule has 0 saturated carbocycles. The van der Waals surface area contributed by atoms with Gasteiger partial charge in [-0.15, -0.1) is 0 Å². The van der Waals surface area contributed by atoms with Gasteiger partial charge in [0.05, 0.1) is 0 Å². The number of ether oxygens (including phenoxy) is 1. The fraction of sp³-hybridized carbons (Fsp3) is 1.00. The SMILES string of the molecule is CCP1(Cl)(CC)OC(C(F)(F)F)(C(F)(F)F)OC1(C(F)(F)F)C(F)(F)F. The Morgan fingerprint density at radius 1 is 0.692 bits per heavy atom. The molecule has 0 aromatic rings. The van der Waals surface area contributed by atoms with Gasteiger partial charge in [-0.1, -0.05) is 0 Å². The van der Waals surface area contributed by atoms with Crippen molar-refractivity contribution in [3.05, 3.63) is 0 Å². The molecule has 0 aliphatic carbocycles. The van der Waals surface area contributed by atoms with Gasteiger partial charge in [-0.25, -0.2) is 0 Å². The van der Waals surface area contributed by atoms with Crippen LogP contribution in [0.4, 0.5) is 52.7 Å². The predicted molar refractivity (Wildman–Crippen MR) is 65.7 cm³/mol. The first kappa shape index (κ1) is 23.8. The van der Waals surface area contributed by atoms with Crippen LogP contribution in [0.15, 0.2) is 0 Å². The van der Waals surface area contributed by atoms with Crippen LogP contribution in [0.3, 0.4) is 0 Å². The summed E-state index contributed by atoms with van der Waals surface area (Å²) >= 11 is 5.43. The summed E-state index contributed by atoms with van der Waals surface area (Å²) in [5, 5.41) is -6.00. The van der Waals surface area contributed by atoms with E-state index < -0.39 is 54.3 Å². The Hall–Kier alpha value is -0.200. The molecule has 1 heterocycles. The zero-order valence-electron chi connectivity index (χ0n) is 12.6. The maximum atomic E-state index is 13.4. The van der Waals surface area contributed by atoms with Gasteiger partial charge in [-0.3, -0.25) is 0 Å². The average molecular weight is 457 g/mol. The third kappa shape index (κ3) is 2.61. The van der Waals surface area contributed by atoms with Gasteiger partial charge >= 0.3 is 141 Å². The molecule has 2 nitrogen and oxygen atoms in total. The van der Waals surface area contributed by atoms with Gasteiger partial charge in [-0.05, 0) is 0 Å². The first-order valence-electron chi connectivity index (χ1n) is 6.50. The van der Waals surface area contributed by atoms with E-state index in [9.17, 15) is 52.7 Å². The minimum atomic E-state index is -6.94. The van der Waals surface area contributed by atoms with Gasteiger partial charge in [-0.2, -0.15) is 0 Å². The third-order valence-electron chi connectivity index (χ3n) is 4.10. The van der Waals surface area contributed by atoms with Gasteiger partial charge in [0, 0.05) is 0 Å². The first-order valence-corrected chi connectivity index (χ1v) is 9.93. The van der Waals surface area contributed by atoms with Gasteiger partial charge in [0.2, 0.25) is 0 Å². The van der Waals surface area contributed by atoms with E-state index in [0.717, 1.165) is 0 Å². The molecule has 0 bridgehead atoms. The second-order valence-corrected chi connectivity index (χ2v) is 12.4. The van der Waals surface area contributed by atoms with Crippen LogP contribution in [0.5, 0.6) is 0 Å². The van der Waals surface area contributed by atoms with Crippen molar-refractivity contribution in [1.29, 1.82) is 0 Å². The van der Waals surface area contributed by atoms with Crippen molar-refractivity contribution in [3.63, 3.8) is 0 Å². The maximum absolute atomic E-state index is 13.4. The number of hydrogen-bond donors (Lipinski definition) is 0. The monoisotopic (exact) mass is 456 g/mol. The fourth-order valence-electron chi connectivity index (χ4n) is 2.70. The molecule has 16 heteroatoms. The van der Waals surface area contributed by atoms with Crippen molar-refractivity contribution >= 4 is 17.4 Å². The third-order valence-corrected chi connectivity index (χ3v) is 11.6. The summed E-state index contributed by atoms with van der Waals surface area (Å²) in [4.78, 5) is 0. The minimum absolute atomic E-state index is 0.465. The molecular weight excluding hydrogens is 447 g/mol. The summed E-state index contributed by atoms with van der Waals surface area (Å²) in [6.45, 7) is 0.930. The summed E-state index contributed by atoms with van der Waals surface area (Å²) in [6.07, 6.45) is -37.5. The van der Waals surface area contributed by atoms with Crippen molar-refractivity contribution in [2.75, 3.05) is 12.3 Å². The zero-order valence-corrected chi connectivity index (χ0v) is 14.2. The molecule has 0 aromatic carbocycles. The molecule has 26 heavy (non-hydrogen) atoms. The van der Waals surface area contributed by atoms with Crippen LogP contribution in [-0.4, -0.2) is 48.2 Å². The van der Waals surface area contributed by atoms with E-state index in [2.05, 4.69) is 9.26 Å². The van der Waals surface area contributed by atoms with E-state index >= 15 is 0 Å². The number of rotatable bonds is 2. The molecule has 0 spiro atoms. The van der Waals surface area contributed by atoms with Crippen molar-refractivity contribution in [1.82, 2.24) is 0 Å². The summed E-state index contributed by atoms with van der Waals surface area (Å²) in [5.74, 6) is -6.20. The molecule has 0 radical (unpaired) electrons. The Kier molecular flexibility index (Phi) is 5.19. The number of halogens is 13. The quantitative estimate of drug-likeness (QED) is 0.357. The molecule has 0 amide bonds. The van der Waals surface area contributed by atoms with E-state index in [4.69, 9.17) is 11.2 Å². The summed E-state index contributed by atoms with van der Waals surface area (Å²) in [5.41, 5.74) is 0. The Morgan fingerprint density at radius 3 is 1.15 bits per heavy atom. The molecule has 1 aliphatic heterocycles. The first-order chi connectivity index (χ1) is 11.1. The van der Waals surface area contributed by atoms with E-state index in [1.807, 2.05) is 0 Å². The van der Waals surface area contributed by atoms with E-state index in [1.165, 1.54) is 0 Å². The van der Waals surface area contributed by atoms with Crippen molar-refractivity contribution in [2.45, 2.75) is 49.7 Å². The van der Waals surface area contributed by atoms with Crippen molar-refractivity contribution in [2.24, 2.45) is 0 Å². The second kappa shape index (κ2) is 5.66. The van der Waals surface area contributed by atoms with Crippen LogP contribution >= 0.6 is 17.4 Å². The molecule has 0 aromatic heterocycles.